The Hall–Kier alpha value is -0.920. The van der Waals surface area contributed by atoms with E-state index < -0.39 is 0 Å². The minimum absolute atomic E-state index is 0.0162. The van der Waals surface area contributed by atoms with Crippen molar-refractivity contribution < 1.29 is 4.74 Å². The van der Waals surface area contributed by atoms with Crippen molar-refractivity contribution in [3.63, 3.8) is 0 Å². The summed E-state index contributed by atoms with van der Waals surface area (Å²) >= 11 is 12.5. The maximum Gasteiger partial charge on any atom is 0.127 e. The van der Waals surface area contributed by atoms with Crippen LogP contribution in [0.3, 0.4) is 0 Å². The molecule has 2 aromatic rings. The highest BCUT2D eigenvalue weighted by Gasteiger charge is 2.49. The van der Waals surface area contributed by atoms with E-state index >= 15 is 0 Å². The van der Waals surface area contributed by atoms with Crippen LogP contribution in [-0.4, -0.2) is 11.5 Å². The predicted molar refractivity (Wildman–Crippen MR) is 81.4 cm³/mol. The Kier molecular flexibility index (Phi) is 3.15. The lowest BCUT2D eigenvalue weighted by Crippen LogP contribution is -2.53. The van der Waals surface area contributed by atoms with Crippen LogP contribution in [0.15, 0.2) is 36.4 Å². The quantitative estimate of drug-likeness (QED) is 0.685. The van der Waals surface area contributed by atoms with Gasteiger partial charge in [-0.3, -0.25) is 0 Å². The smallest absolute Gasteiger partial charge is 0.127 e. The fraction of sp³-hybridized carbons (Fsp3) is 0.375. The molecule has 1 aliphatic rings. The van der Waals surface area contributed by atoms with E-state index in [9.17, 15) is 0 Å². The molecular weight excluding hydrogens is 279 g/mol. The van der Waals surface area contributed by atoms with Gasteiger partial charge in [-0.25, -0.2) is 0 Å². The van der Waals surface area contributed by atoms with Crippen molar-refractivity contribution in [1.82, 2.24) is 0 Å². The van der Waals surface area contributed by atoms with Gasteiger partial charge in [0.2, 0.25) is 0 Å². The van der Waals surface area contributed by atoms with Gasteiger partial charge in [-0.05, 0) is 12.1 Å². The lowest BCUT2D eigenvalue weighted by atomic mass is 9.68. The molecule has 19 heavy (non-hydrogen) atoms. The molecule has 1 fully saturated rings. The average Bonchev–Trinajstić information content (AvgIpc) is 2.41. The van der Waals surface area contributed by atoms with Gasteiger partial charge in [0.1, 0.15) is 11.9 Å². The van der Waals surface area contributed by atoms with Gasteiger partial charge in [0.05, 0.1) is 0 Å². The first kappa shape index (κ1) is 13.1. The van der Waals surface area contributed by atoms with E-state index in [4.69, 9.17) is 27.9 Å². The van der Waals surface area contributed by atoms with E-state index in [1.165, 1.54) is 0 Å². The SMILES string of the molecule is CC1(C)C(Cl)CC1Oc1ccc(Cl)c2ccccc12. The third-order valence-corrected chi connectivity index (χ3v) is 5.23. The molecule has 2 atom stereocenters. The lowest BCUT2D eigenvalue weighted by Gasteiger charge is -2.48. The third kappa shape index (κ3) is 2.09. The summed E-state index contributed by atoms with van der Waals surface area (Å²) in [5, 5.41) is 3.03. The van der Waals surface area contributed by atoms with Crippen molar-refractivity contribution in [2.75, 3.05) is 0 Å². The van der Waals surface area contributed by atoms with Gasteiger partial charge in [0.25, 0.3) is 0 Å². The first-order valence-corrected chi connectivity index (χ1v) is 7.29. The largest absolute Gasteiger partial charge is 0.489 e. The zero-order valence-corrected chi connectivity index (χ0v) is 12.5. The molecule has 0 heterocycles. The Labute approximate surface area is 123 Å². The van der Waals surface area contributed by atoms with Crippen LogP contribution in [-0.2, 0) is 0 Å². The van der Waals surface area contributed by atoms with E-state index in [0.29, 0.717) is 0 Å². The first-order valence-electron chi connectivity index (χ1n) is 6.48. The topological polar surface area (TPSA) is 9.23 Å². The number of halogens is 2. The summed E-state index contributed by atoms with van der Waals surface area (Å²) < 4.78 is 6.16. The molecule has 3 rings (SSSR count). The number of benzene rings is 2. The summed E-state index contributed by atoms with van der Waals surface area (Å²) in [4.78, 5) is 0. The van der Waals surface area contributed by atoms with Crippen molar-refractivity contribution in [2.24, 2.45) is 5.41 Å². The highest BCUT2D eigenvalue weighted by atomic mass is 35.5. The average molecular weight is 295 g/mol. The summed E-state index contributed by atoms with van der Waals surface area (Å²) in [5.41, 5.74) is 0.0162. The normalized spacial score (nSPS) is 25.1. The summed E-state index contributed by atoms with van der Waals surface area (Å²) in [7, 11) is 0. The van der Waals surface area contributed by atoms with Gasteiger partial charge in [-0.2, -0.15) is 0 Å². The molecule has 0 bridgehead atoms. The molecule has 0 saturated heterocycles. The van der Waals surface area contributed by atoms with Crippen LogP contribution in [0.4, 0.5) is 0 Å². The van der Waals surface area contributed by atoms with Crippen LogP contribution in [0, 0.1) is 5.41 Å². The van der Waals surface area contributed by atoms with Gasteiger partial charge < -0.3 is 4.74 Å². The Morgan fingerprint density at radius 1 is 1.11 bits per heavy atom. The predicted octanol–water partition coefficient (Wildman–Crippen LogP) is 5.28. The van der Waals surface area contributed by atoms with E-state index in [0.717, 1.165) is 28.0 Å². The summed E-state index contributed by atoms with van der Waals surface area (Å²) in [5.74, 6) is 0.890. The van der Waals surface area contributed by atoms with Gasteiger partial charge >= 0.3 is 0 Å². The Balaban J connectivity index is 1.97. The first-order chi connectivity index (χ1) is 9.00. The molecule has 3 heteroatoms. The molecule has 1 aliphatic carbocycles. The van der Waals surface area contributed by atoms with Crippen molar-refractivity contribution in [2.45, 2.75) is 31.7 Å². The van der Waals surface area contributed by atoms with E-state index in [2.05, 4.69) is 13.8 Å². The monoisotopic (exact) mass is 294 g/mol. The zero-order valence-electron chi connectivity index (χ0n) is 11.0. The van der Waals surface area contributed by atoms with Crippen molar-refractivity contribution in [1.29, 1.82) is 0 Å². The number of ether oxygens (including phenoxy) is 1. The van der Waals surface area contributed by atoms with Gasteiger partial charge in [-0.15, -0.1) is 11.6 Å². The maximum atomic E-state index is 6.24. The minimum atomic E-state index is 0.0162. The molecular formula is C16H16Cl2O. The van der Waals surface area contributed by atoms with Crippen LogP contribution in [0.25, 0.3) is 10.8 Å². The third-order valence-electron chi connectivity index (χ3n) is 4.16. The molecule has 0 spiro atoms. The molecule has 100 valence electrons. The second-order valence-electron chi connectivity index (χ2n) is 5.72. The number of alkyl halides is 1. The van der Waals surface area contributed by atoms with Crippen molar-refractivity contribution >= 4 is 34.0 Å². The second-order valence-corrected chi connectivity index (χ2v) is 6.66. The number of rotatable bonds is 2. The molecule has 1 nitrogen and oxygen atoms in total. The molecule has 2 unspecified atom stereocenters. The Morgan fingerprint density at radius 3 is 2.42 bits per heavy atom. The Bertz CT molecular complexity index is 621. The molecule has 0 aromatic heterocycles. The number of hydrogen-bond donors (Lipinski definition) is 0. The highest BCUT2D eigenvalue weighted by Crippen LogP contribution is 2.47. The summed E-state index contributed by atoms with van der Waals surface area (Å²) in [6, 6.07) is 11.9. The summed E-state index contributed by atoms with van der Waals surface area (Å²) in [6.45, 7) is 4.30. The highest BCUT2D eigenvalue weighted by molar-refractivity contribution is 6.35. The molecule has 1 saturated carbocycles. The van der Waals surface area contributed by atoms with Crippen LogP contribution in [0.5, 0.6) is 5.75 Å². The van der Waals surface area contributed by atoms with E-state index in [-0.39, 0.29) is 16.9 Å². The van der Waals surface area contributed by atoms with E-state index in [1.54, 1.807) is 0 Å². The van der Waals surface area contributed by atoms with Crippen LogP contribution in [0.2, 0.25) is 5.02 Å². The van der Waals surface area contributed by atoms with Crippen LogP contribution in [0.1, 0.15) is 20.3 Å². The van der Waals surface area contributed by atoms with Crippen LogP contribution >= 0.6 is 23.2 Å². The lowest BCUT2D eigenvalue weighted by molar-refractivity contribution is -0.0120. The van der Waals surface area contributed by atoms with Gasteiger partial charge in [-0.1, -0.05) is 49.7 Å². The standard InChI is InChI=1S/C16H16Cl2O/c1-16(2)14(18)9-15(16)19-13-8-7-12(17)10-5-3-4-6-11(10)13/h3-8,14-15H,9H2,1-2H3. The maximum absolute atomic E-state index is 6.24. The van der Waals surface area contributed by atoms with Gasteiger partial charge in [0, 0.05) is 33.0 Å². The number of fused-ring (bicyclic) bond motifs is 1. The second kappa shape index (κ2) is 4.57. The van der Waals surface area contributed by atoms with E-state index in [1.807, 2.05) is 36.4 Å². The van der Waals surface area contributed by atoms with Gasteiger partial charge in [0.15, 0.2) is 0 Å². The fourth-order valence-electron chi connectivity index (χ4n) is 2.53. The molecule has 0 amide bonds. The Morgan fingerprint density at radius 2 is 1.79 bits per heavy atom. The molecule has 0 N–H and O–H groups in total. The number of hydrogen-bond acceptors (Lipinski definition) is 1. The molecule has 0 aliphatic heterocycles. The zero-order chi connectivity index (χ0) is 13.6. The van der Waals surface area contributed by atoms with Crippen LogP contribution < -0.4 is 4.74 Å². The fourth-order valence-corrected chi connectivity index (χ4v) is 3.06. The molecule has 0 radical (unpaired) electrons. The van der Waals surface area contributed by atoms with Crippen molar-refractivity contribution in [3.05, 3.63) is 41.4 Å². The minimum Gasteiger partial charge on any atom is -0.489 e. The summed E-state index contributed by atoms with van der Waals surface area (Å²) in [6.07, 6.45) is 1.06. The molecule has 2 aromatic carbocycles. The van der Waals surface area contributed by atoms with Crippen molar-refractivity contribution in [3.8, 4) is 5.75 Å².